The lowest BCUT2D eigenvalue weighted by Crippen LogP contribution is -2.63. The molecule has 1 aliphatic heterocycles. The fourth-order valence-electron chi connectivity index (χ4n) is 3.62. The molecule has 2 aromatic heterocycles. The van der Waals surface area contributed by atoms with E-state index in [0.717, 1.165) is 23.3 Å². The molecule has 2 atom stereocenters. The zero-order chi connectivity index (χ0) is 19.4. The molecular formula is C21H27FN4O. The Hall–Kier alpha value is -2.47. The fourth-order valence-corrected chi connectivity index (χ4v) is 3.62. The van der Waals surface area contributed by atoms with Crippen molar-refractivity contribution in [1.82, 2.24) is 19.9 Å². The minimum atomic E-state index is -0.572. The van der Waals surface area contributed by atoms with E-state index in [9.17, 15) is 4.39 Å². The Morgan fingerprint density at radius 2 is 2.04 bits per heavy atom. The quantitative estimate of drug-likeness (QED) is 0.723. The van der Waals surface area contributed by atoms with E-state index >= 15 is 0 Å². The predicted octanol–water partition coefficient (Wildman–Crippen LogP) is 4.41. The van der Waals surface area contributed by atoms with Crippen LogP contribution in [0, 0.1) is 0 Å². The van der Waals surface area contributed by atoms with Crippen molar-refractivity contribution in [1.29, 1.82) is 0 Å². The number of rotatable bonds is 5. The van der Waals surface area contributed by atoms with Gasteiger partial charge >= 0.3 is 0 Å². The first-order valence-electron chi connectivity index (χ1n) is 9.46. The Morgan fingerprint density at radius 1 is 1.26 bits per heavy atom. The van der Waals surface area contributed by atoms with Gasteiger partial charge in [-0.1, -0.05) is 13.8 Å². The number of fused-ring (bicyclic) bond motifs is 1. The summed E-state index contributed by atoms with van der Waals surface area (Å²) < 4.78 is 21.2. The number of hydrogen-bond donors (Lipinski definition) is 1. The molecule has 0 spiro atoms. The lowest BCUT2D eigenvalue weighted by molar-refractivity contribution is 0.0943. The number of halogens is 1. The van der Waals surface area contributed by atoms with Crippen LogP contribution in [0.5, 0.6) is 5.75 Å². The molecule has 4 rings (SSSR count). The number of nitrogens with zero attached hydrogens (tertiary/aromatic N) is 3. The van der Waals surface area contributed by atoms with Gasteiger partial charge in [-0.05, 0) is 44.5 Å². The van der Waals surface area contributed by atoms with E-state index in [4.69, 9.17) is 4.74 Å². The van der Waals surface area contributed by atoms with Crippen LogP contribution in [0.15, 0.2) is 42.7 Å². The lowest BCUT2D eigenvalue weighted by atomic mass is 9.85. The Morgan fingerprint density at radius 3 is 2.74 bits per heavy atom. The normalized spacial score (nSPS) is 21.3. The molecular weight excluding hydrogens is 343 g/mol. The van der Waals surface area contributed by atoms with Crippen molar-refractivity contribution in [2.75, 3.05) is 6.61 Å². The van der Waals surface area contributed by atoms with Gasteiger partial charge in [-0.2, -0.15) is 5.10 Å². The number of ether oxygens (including phenoxy) is 1. The molecule has 1 aliphatic rings. The summed E-state index contributed by atoms with van der Waals surface area (Å²) >= 11 is 0. The van der Waals surface area contributed by atoms with Crippen LogP contribution in [0.2, 0.25) is 0 Å². The van der Waals surface area contributed by atoms with Gasteiger partial charge in [-0.25, -0.2) is 13.9 Å². The summed E-state index contributed by atoms with van der Waals surface area (Å²) in [6.07, 6.45) is 4.49. The Labute approximate surface area is 159 Å². The zero-order valence-electron chi connectivity index (χ0n) is 16.4. The van der Waals surface area contributed by atoms with Crippen LogP contribution < -0.4 is 10.1 Å². The summed E-state index contributed by atoms with van der Waals surface area (Å²) in [6, 6.07) is 9.82. The summed E-state index contributed by atoms with van der Waals surface area (Å²) in [5.74, 6) is 0.597. The number of nitrogens with one attached hydrogen (secondary N) is 1. The molecule has 1 saturated heterocycles. The molecule has 1 N–H and O–H groups in total. The second kappa shape index (κ2) is 8.05. The third-order valence-electron chi connectivity index (χ3n) is 4.69. The Kier molecular flexibility index (Phi) is 5.75. The minimum Gasteiger partial charge on any atom is -0.491 e. The minimum absolute atomic E-state index is 0.0298. The van der Waals surface area contributed by atoms with Gasteiger partial charge in [0.25, 0.3) is 0 Å². The van der Waals surface area contributed by atoms with Crippen LogP contribution in [-0.2, 0) is 6.67 Å². The second-order valence-corrected chi connectivity index (χ2v) is 6.99. The predicted molar refractivity (Wildman–Crippen MR) is 106 cm³/mol. The summed E-state index contributed by atoms with van der Waals surface area (Å²) in [5, 5.41) is 7.73. The maximum absolute atomic E-state index is 13.6. The van der Waals surface area contributed by atoms with E-state index < -0.39 is 6.67 Å². The summed E-state index contributed by atoms with van der Waals surface area (Å²) in [4.78, 5) is 4.26. The van der Waals surface area contributed by atoms with E-state index in [1.54, 1.807) is 16.9 Å². The summed E-state index contributed by atoms with van der Waals surface area (Å²) in [5.41, 5.74) is 3.04. The average Bonchev–Trinajstić information content (AvgIpc) is 3.15. The highest BCUT2D eigenvalue weighted by atomic mass is 19.1. The van der Waals surface area contributed by atoms with Crippen molar-refractivity contribution in [3.63, 3.8) is 0 Å². The number of alkyl halides is 1. The van der Waals surface area contributed by atoms with Gasteiger partial charge in [0.15, 0.2) is 5.65 Å². The fraction of sp³-hybridized carbons (Fsp3) is 0.429. The maximum atomic E-state index is 13.6. The largest absolute Gasteiger partial charge is 0.491 e. The van der Waals surface area contributed by atoms with Crippen molar-refractivity contribution >= 4 is 5.65 Å². The smallest absolute Gasteiger partial charge is 0.155 e. The molecule has 3 heterocycles. The zero-order valence-corrected chi connectivity index (χ0v) is 16.4. The first-order valence-corrected chi connectivity index (χ1v) is 9.46. The lowest BCUT2D eigenvalue weighted by Gasteiger charge is -2.45. The van der Waals surface area contributed by atoms with E-state index in [1.807, 2.05) is 44.2 Å². The molecule has 0 radical (unpaired) electrons. The van der Waals surface area contributed by atoms with Gasteiger partial charge in [0.2, 0.25) is 0 Å². The van der Waals surface area contributed by atoms with E-state index in [1.165, 1.54) is 0 Å². The van der Waals surface area contributed by atoms with E-state index in [-0.39, 0.29) is 5.54 Å². The van der Waals surface area contributed by atoms with Crippen molar-refractivity contribution < 1.29 is 9.13 Å². The standard InChI is InChI=1S/C19H21FN4O.C2H6/c1-13-10-19(2,23-13)12-25-17-4-3-14(9-15(17)11-20)16-5-7-21-18-6-8-22-24(16)18;1-2/h3-9,13,23H,10-12H2,1-2H3;1-2H3/t13?,19-;/m0./s1. The van der Waals surface area contributed by atoms with Crippen LogP contribution >= 0.6 is 0 Å². The van der Waals surface area contributed by atoms with E-state index in [0.29, 0.717) is 24.0 Å². The highest BCUT2D eigenvalue weighted by Gasteiger charge is 2.37. The van der Waals surface area contributed by atoms with Crippen LogP contribution in [0.25, 0.3) is 16.9 Å². The van der Waals surface area contributed by atoms with Crippen molar-refractivity contribution in [3.8, 4) is 17.0 Å². The van der Waals surface area contributed by atoms with Crippen LogP contribution in [0.1, 0.15) is 39.7 Å². The van der Waals surface area contributed by atoms with Crippen LogP contribution in [0.4, 0.5) is 4.39 Å². The summed E-state index contributed by atoms with van der Waals surface area (Å²) in [7, 11) is 0. The van der Waals surface area contributed by atoms with Gasteiger partial charge in [-0.15, -0.1) is 0 Å². The summed E-state index contributed by atoms with van der Waals surface area (Å²) in [6.45, 7) is 8.23. The van der Waals surface area contributed by atoms with Crippen LogP contribution in [0.3, 0.4) is 0 Å². The molecule has 5 nitrogen and oxygen atoms in total. The van der Waals surface area contributed by atoms with Gasteiger partial charge in [-0.3, -0.25) is 0 Å². The van der Waals surface area contributed by atoms with Crippen molar-refractivity contribution in [2.45, 2.75) is 52.4 Å². The second-order valence-electron chi connectivity index (χ2n) is 6.99. The molecule has 1 aromatic carbocycles. The third-order valence-corrected chi connectivity index (χ3v) is 4.69. The highest BCUT2D eigenvalue weighted by molar-refractivity contribution is 5.64. The van der Waals surface area contributed by atoms with Gasteiger partial charge in [0.05, 0.1) is 17.4 Å². The van der Waals surface area contributed by atoms with Crippen molar-refractivity contribution in [3.05, 3.63) is 48.3 Å². The van der Waals surface area contributed by atoms with Crippen molar-refractivity contribution in [2.24, 2.45) is 0 Å². The molecule has 1 fully saturated rings. The highest BCUT2D eigenvalue weighted by Crippen LogP contribution is 2.30. The Balaban J connectivity index is 0.00000102. The van der Waals surface area contributed by atoms with E-state index in [2.05, 4.69) is 29.2 Å². The molecule has 6 heteroatoms. The average molecular weight is 370 g/mol. The topological polar surface area (TPSA) is 51.5 Å². The monoisotopic (exact) mass is 370 g/mol. The van der Waals surface area contributed by atoms with Gasteiger partial charge in [0, 0.05) is 29.4 Å². The number of hydrogen-bond acceptors (Lipinski definition) is 4. The molecule has 1 unspecified atom stereocenters. The molecule has 3 aromatic rings. The maximum Gasteiger partial charge on any atom is 0.155 e. The number of aromatic nitrogens is 3. The number of benzene rings is 1. The SMILES string of the molecule is CC.CC1C[C@@](C)(COc2ccc(-c3ccnc4ccnn34)cc2CF)N1. The Bertz CT molecular complexity index is 902. The van der Waals surface area contributed by atoms with Gasteiger partial charge < -0.3 is 10.1 Å². The first kappa shape index (κ1) is 19.3. The van der Waals surface area contributed by atoms with Gasteiger partial charge in [0.1, 0.15) is 19.0 Å². The first-order chi connectivity index (χ1) is 13.1. The third kappa shape index (κ3) is 3.95. The molecule has 0 amide bonds. The molecule has 0 aliphatic carbocycles. The molecule has 27 heavy (non-hydrogen) atoms. The molecule has 144 valence electrons. The van der Waals surface area contributed by atoms with Crippen LogP contribution in [-0.4, -0.2) is 32.8 Å². The molecule has 0 bridgehead atoms. The molecule has 0 saturated carbocycles.